The van der Waals surface area contributed by atoms with Crippen LogP contribution in [0.2, 0.25) is 30.1 Å². The van der Waals surface area contributed by atoms with Crippen molar-refractivity contribution in [1.82, 2.24) is 47.4 Å². The van der Waals surface area contributed by atoms with Crippen LogP contribution < -0.4 is 175 Å². The average molecular weight is 1710 g/mol. The Hall–Kier alpha value is -6.23. The molecule has 0 unspecified atom stereocenters. The summed E-state index contributed by atoms with van der Waals surface area (Å²) in [5.41, 5.74) is 6.76. The van der Waals surface area contributed by atoms with Crippen LogP contribution in [0.4, 0.5) is 0 Å². The van der Waals surface area contributed by atoms with Gasteiger partial charge < -0.3 is 103 Å². The molecule has 4 heterocycles. The molecule has 0 bridgehead atoms. The molecule has 1 fully saturated rings. The van der Waals surface area contributed by atoms with E-state index in [-0.39, 0.29) is 262 Å². The van der Waals surface area contributed by atoms with Crippen molar-refractivity contribution < 1.29 is 229 Å². The minimum atomic E-state index is -1.38. The number of carbonyl (C=O) groups is 12. The summed E-state index contributed by atoms with van der Waals surface area (Å²) in [5.74, 6) is -4.59. The normalized spacial score (nSPS) is 12.5. The van der Waals surface area contributed by atoms with Crippen LogP contribution in [-0.4, -0.2) is 171 Å². The smallest absolute Gasteiger partial charge is 1.00 e. The summed E-state index contributed by atoms with van der Waals surface area (Å²) in [6, 6.07) is 15.5. The van der Waals surface area contributed by atoms with E-state index in [1.807, 2.05) is 20.8 Å². The number of nitrogens with two attached hydrogens (primary N) is 1. The third-order valence-electron chi connectivity index (χ3n) is 13.7. The maximum absolute atomic E-state index is 12.8. The maximum atomic E-state index is 12.8. The number of methoxy groups -OCH3 is 2. The summed E-state index contributed by atoms with van der Waals surface area (Å²) in [6.07, 6.45) is 14.6. The van der Waals surface area contributed by atoms with Gasteiger partial charge in [0.05, 0.1) is 92.4 Å². The van der Waals surface area contributed by atoms with Gasteiger partial charge in [-0.05, 0) is 155 Å². The van der Waals surface area contributed by atoms with Crippen molar-refractivity contribution in [2.45, 2.75) is 89.9 Å². The number of carboxylic acids is 1. The monoisotopic (exact) mass is 1710 g/mol. The van der Waals surface area contributed by atoms with E-state index < -0.39 is 53.8 Å². The van der Waals surface area contributed by atoms with E-state index >= 15 is 0 Å². The van der Waals surface area contributed by atoms with Crippen molar-refractivity contribution in [2.24, 2.45) is 5.73 Å². The first-order valence-corrected chi connectivity index (χ1v) is 33.9. The predicted octanol–water partition coefficient (Wildman–Crippen LogP) is -2.41. The molecule has 12 N–H and O–H groups in total. The van der Waals surface area contributed by atoms with Gasteiger partial charge in [0.1, 0.15) is 41.0 Å². The fourth-order valence-corrected chi connectivity index (χ4v) is 11.1. The molecule has 32 nitrogen and oxygen atoms in total. The second-order valence-corrected chi connectivity index (χ2v) is 25.5. The molecule has 111 heavy (non-hydrogen) atoms. The number of ether oxygens (including phenoxy) is 3. The first kappa shape index (κ1) is 107. The second-order valence-electron chi connectivity index (χ2n) is 23.0. The molecule has 4 atom stereocenters. The number of esters is 3. The molecule has 1 saturated heterocycles. The number of benzene rings is 3. The number of rotatable bonds is 28. The molecule has 6 aromatic rings. The summed E-state index contributed by atoms with van der Waals surface area (Å²) >= 11 is 37.4. The fraction of sp³-hybridized carbons (Fsp3) is 0.314. The molecule has 0 spiro atoms. The number of likely N-dealkylation sites (N-methyl/N-ethyl adjacent to an activating group) is 2. The Bertz CT molecular complexity index is 4030. The van der Waals surface area contributed by atoms with Gasteiger partial charge in [0.2, 0.25) is 23.6 Å². The van der Waals surface area contributed by atoms with Crippen molar-refractivity contribution in [3.8, 4) is 0 Å². The summed E-state index contributed by atoms with van der Waals surface area (Å²) in [7, 11) is 5.53. The number of nitrogens with one attached hydrogen (secondary N) is 8. The standard InChI is InChI=1S/C24H26Cl2N4O6.C20H21Cl2N3O5.C19H19Cl2N3O5.C6H12O2.CH2O3.2K.Li.H2O.H/c1-30(23(33)18-5-2-8-27-18)13-19(24(34)35)29-22(32)21-16(25)10-14(11-17(21)26)12-28-20(31)7-6-15-4-3-9-36-15;1-23-11-16(20(28)29-2)25-19(27)18-14(21)8-12(9-15(18)22)10-24-17(26)6-5-13-4-3-7-30-13;1-28-19(27)15(9-22)24-18(26)17-13(20)7-11(8-14(17)21)10-23-16(25)5-4-12-3-2-6-29-12;1-5(7)8-6(2,3)4;2-1-4-3;;;;;/h3-4,6-7,9-11,18-19,27H,2,5,8,12-13H2,1H3,(H,28,31)(H,29,32)(H,34,35);3-9,16,23H,10-11H2,1-2H3,(H,24,26)(H,25,27);2-8,15H,9-10,22H2,1H3,(H,23,25)(H,24,26);1-4H3;1,3H;;;;1H2;/q;;;;;3*+1;;-1/p-2/b7-6+;6-5+;5-4+;;;;;;;/t18-,19-;16-;15-;;;;;;;/m000......./s1. The van der Waals surface area contributed by atoms with E-state index in [0.29, 0.717) is 40.4 Å². The van der Waals surface area contributed by atoms with Gasteiger partial charge in [-0.25, -0.2) is 14.4 Å². The zero-order valence-corrected chi connectivity index (χ0v) is 73.0. The van der Waals surface area contributed by atoms with E-state index in [1.54, 1.807) is 43.4 Å². The Labute approximate surface area is 767 Å². The molecule has 3 aromatic heterocycles. The van der Waals surface area contributed by atoms with E-state index in [9.17, 15) is 57.8 Å². The SMILES string of the molecule is CC(=O)OC(C)(C)C.CN(C[C@H](NC(=O)c1c(Cl)cc(CNC(=O)/C=C/c2ccco2)cc1Cl)C(=O)O)C(=O)[C@@H]1CCCN1.CNC[C@H](NC(=O)c1c(Cl)cc(CNC(=O)/C=C/c2ccco2)cc1Cl)C(=O)OC.COC(=O)[C@H](CN)NC(=O)c1c(Cl)cc(CNC(=O)/C=C/c2ccco2)cc1Cl.O=CO[O-].[H-].[K+].[K+].[Li+].[OH-]. The van der Waals surface area contributed by atoms with Crippen LogP contribution in [0.5, 0.6) is 0 Å². The molecule has 588 valence electrons. The van der Waals surface area contributed by atoms with E-state index in [1.165, 1.54) is 125 Å². The fourth-order valence-electron chi connectivity index (χ4n) is 8.94. The van der Waals surface area contributed by atoms with Gasteiger partial charge in [0.15, 0.2) is 0 Å². The Morgan fingerprint density at radius 3 is 1.23 bits per heavy atom. The first-order chi connectivity index (χ1) is 50.7. The second kappa shape index (κ2) is 56.9. The molecule has 1 aliphatic rings. The van der Waals surface area contributed by atoms with Crippen LogP contribution in [0.1, 0.15) is 107 Å². The summed E-state index contributed by atoms with van der Waals surface area (Å²) in [5, 5.41) is 39.5. The van der Waals surface area contributed by atoms with Gasteiger partial charge in [0.25, 0.3) is 24.2 Å². The number of halogens is 6. The molecule has 0 saturated carbocycles. The maximum Gasteiger partial charge on any atom is 1.00 e. The number of furan rings is 3. The van der Waals surface area contributed by atoms with Gasteiger partial charge in [-0.3, -0.25) is 43.2 Å². The topological polar surface area (TPSA) is 480 Å². The van der Waals surface area contributed by atoms with Gasteiger partial charge in [-0.2, -0.15) is 0 Å². The van der Waals surface area contributed by atoms with Crippen LogP contribution in [-0.2, 0) is 81.9 Å². The molecule has 7 rings (SSSR count). The molecule has 1 aliphatic heterocycles. The predicted molar refractivity (Wildman–Crippen MR) is 397 cm³/mol. The van der Waals surface area contributed by atoms with Crippen LogP contribution >= 0.6 is 69.6 Å². The molecular weight excluding hydrogens is 1630 g/mol. The molecular formula is C70H81Cl6K2LiN10O22. The minimum absolute atomic E-state index is 0. The minimum Gasteiger partial charge on any atom is -1.00 e. The molecule has 0 aliphatic carbocycles. The van der Waals surface area contributed by atoms with Gasteiger partial charge in [-0.1, -0.05) is 69.6 Å². The van der Waals surface area contributed by atoms with E-state index in [4.69, 9.17) is 103 Å². The van der Waals surface area contributed by atoms with Gasteiger partial charge >= 0.3 is 146 Å². The number of hydrogen-bond acceptors (Lipinski definition) is 24. The van der Waals surface area contributed by atoms with E-state index in [2.05, 4.69) is 56.9 Å². The molecule has 7 amide bonds. The van der Waals surface area contributed by atoms with Crippen molar-refractivity contribution in [1.29, 1.82) is 0 Å². The summed E-state index contributed by atoms with van der Waals surface area (Å²) < 4.78 is 29.3. The van der Waals surface area contributed by atoms with Gasteiger partial charge in [0, 0.05) is 64.9 Å². The number of hydrogen-bond donors (Lipinski definition) is 10. The number of aliphatic carboxylic acids is 1. The van der Waals surface area contributed by atoms with Crippen molar-refractivity contribution in [3.05, 3.63) is 191 Å². The molecule has 3 aromatic carbocycles. The summed E-state index contributed by atoms with van der Waals surface area (Å²) in [4.78, 5) is 144. The zero-order valence-electron chi connectivity index (χ0n) is 63.2. The van der Waals surface area contributed by atoms with Gasteiger partial charge in [-0.15, -0.1) is 0 Å². The first-order valence-electron chi connectivity index (χ1n) is 31.7. The van der Waals surface area contributed by atoms with Crippen molar-refractivity contribution in [3.63, 3.8) is 0 Å². The average Bonchev–Trinajstić information content (AvgIpc) is 1.04. The van der Waals surface area contributed by atoms with Crippen LogP contribution in [0, 0.1) is 0 Å². The number of amides is 7. The Morgan fingerprint density at radius 2 is 0.973 bits per heavy atom. The molecule has 41 heteroatoms. The van der Waals surface area contributed by atoms with Crippen LogP contribution in [0.15, 0.2) is 123 Å². The quantitative estimate of drug-likeness (QED) is 0.00465. The van der Waals surface area contributed by atoms with Crippen molar-refractivity contribution >= 4 is 160 Å². The van der Waals surface area contributed by atoms with E-state index in [0.717, 1.165) is 13.0 Å². The molecule has 0 radical (unpaired) electrons. The number of carboxylic acid groups (broad SMARTS) is 1. The largest absolute Gasteiger partial charge is 1.00 e. The van der Waals surface area contributed by atoms with Crippen LogP contribution in [0.25, 0.3) is 18.2 Å². The Kier molecular flexibility index (Phi) is 54.8. The van der Waals surface area contributed by atoms with Crippen molar-refractivity contribution in [2.75, 3.05) is 54.5 Å². The Morgan fingerprint density at radius 1 is 0.640 bits per heavy atom. The third kappa shape index (κ3) is 40.6. The number of carbonyl (C=O) groups excluding carboxylic acids is 11. The third-order valence-corrected chi connectivity index (χ3v) is 15.5. The Balaban J connectivity index is -0.00000145. The zero-order chi connectivity index (χ0) is 79.9. The number of nitrogens with zero attached hydrogens (tertiary/aromatic N) is 1. The summed E-state index contributed by atoms with van der Waals surface area (Å²) in [6.45, 7) is 7.63. The van der Waals surface area contributed by atoms with Crippen LogP contribution in [0.3, 0.4) is 0 Å².